The van der Waals surface area contributed by atoms with Gasteiger partial charge in [-0.15, -0.1) is 0 Å². The molecule has 1 aliphatic rings. The van der Waals surface area contributed by atoms with E-state index in [1.54, 1.807) is 7.11 Å². The summed E-state index contributed by atoms with van der Waals surface area (Å²) in [6, 6.07) is 10.3. The predicted molar refractivity (Wildman–Crippen MR) is 112 cm³/mol. The van der Waals surface area contributed by atoms with Crippen LogP contribution in [-0.2, 0) is 0 Å². The molecular formula is C23H27N3O2. The lowest BCUT2D eigenvalue weighted by molar-refractivity contribution is 0.200. The molecule has 4 rings (SSSR count). The first kappa shape index (κ1) is 18.7. The van der Waals surface area contributed by atoms with Crippen LogP contribution in [0.5, 0.6) is 11.6 Å². The fourth-order valence-corrected chi connectivity index (χ4v) is 3.98. The number of rotatable bonds is 6. The van der Waals surface area contributed by atoms with E-state index in [4.69, 9.17) is 9.47 Å². The molecule has 1 atom stereocenters. The molecule has 0 unspecified atom stereocenters. The number of fused-ring (bicyclic) bond motifs is 1. The van der Waals surface area contributed by atoms with Gasteiger partial charge < -0.3 is 9.47 Å². The van der Waals surface area contributed by atoms with Crippen molar-refractivity contribution in [3.8, 4) is 22.8 Å². The average Bonchev–Trinajstić information content (AvgIpc) is 3.14. The van der Waals surface area contributed by atoms with E-state index in [-0.39, 0.29) is 6.10 Å². The van der Waals surface area contributed by atoms with Crippen molar-refractivity contribution in [2.45, 2.75) is 32.8 Å². The largest absolute Gasteiger partial charge is 0.489 e. The lowest BCUT2D eigenvalue weighted by Gasteiger charge is -2.17. The van der Waals surface area contributed by atoms with Crippen molar-refractivity contribution in [2.75, 3.05) is 26.7 Å². The lowest BCUT2D eigenvalue weighted by Crippen LogP contribution is -2.25. The zero-order chi connectivity index (χ0) is 19.5. The number of aromatic nitrogens is 2. The molecule has 28 heavy (non-hydrogen) atoms. The normalized spacial score (nSPS) is 17.2. The van der Waals surface area contributed by atoms with Gasteiger partial charge in [-0.05, 0) is 62.2 Å². The van der Waals surface area contributed by atoms with Crippen molar-refractivity contribution in [3.63, 3.8) is 0 Å². The Morgan fingerprint density at radius 1 is 1.18 bits per heavy atom. The van der Waals surface area contributed by atoms with Gasteiger partial charge in [-0.2, -0.15) is 0 Å². The number of pyridine rings is 2. The first-order chi connectivity index (χ1) is 13.7. The summed E-state index contributed by atoms with van der Waals surface area (Å²) in [5.41, 5.74) is 4.13. The monoisotopic (exact) mass is 377 g/mol. The molecule has 3 heterocycles. The standard InChI is InChI=1S/C23H27N3O2/c1-4-10-26-11-8-19(15-26)28-18-5-6-22-21(13-18)20(7-9-24-22)17-12-16(2)23(27-3)25-14-17/h5-7,9,12-14,19H,4,8,10-11,15H2,1-3H3/t19-/m0/s1. The van der Waals surface area contributed by atoms with E-state index >= 15 is 0 Å². The number of hydrogen-bond donors (Lipinski definition) is 0. The van der Waals surface area contributed by atoms with Crippen LogP contribution in [0.3, 0.4) is 0 Å². The molecule has 0 bridgehead atoms. The number of nitrogens with zero attached hydrogens (tertiary/aromatic N) is 3. The summed E-state index contributed by atoms with van der Waals surface area (Å²) in [5.74, 6) is 1.56. The SMILES string of the molecule is CCCN1CC[C@H](Oc2ccc3nccc(-c4cnc(OC)c(C)c4)c3c2)C1. The molecule has 1 aromatic carbocycles. The van der Waals surface area contributed by atoms with E-state index in [9.17, 15) is 0 Å². The third-order valence-electron chi connectivity index (χ3n) is 5.32. The van der Waals surface area contributed by atoms with E-state index in [0.717, 1.165) is 59.4 Å². The fourth-order valence-electron chi connectivity index (χ4n) is 3.98. The van der Waals surface area contributed by atoms with Crippen LogP contribution in [-0.4, -0.2) is 47.7 Å². The topological polar surface area (TPSA) is 47.5 Å². The summed E-state index contributed by atoms with van der Waals surface area (Å²) >= 11 is 0. The van der Waals surface area contributed by atoms with Gasteiger partial charge in [-0.3, -0.25) is 9.88 Å². The highest BCUT2D eigenvalue weighted by Crippen LogP contribution is 2.32. The van der Waals surface area contributed by atoms with Crippen molar-refractivity contribution >= 4 is 10.9 Å². The molecule has 3 aromatic rings. The van der Waals surface area contributed by atoms with Crippen molar-refractivity contribution in [2.24, 2.45) is 0 Å². The molecule has 0 aliphatic carbocycles. The molecule has 0 saturated carbocycles. The molecule has 5 heteroatoms. The minimum atomic E-state index is 0.258. The fraction of sp³-hybridized carbons (Fsp3) is 0.391. The highest BCUT2D eigenvalue weighted by Gasteiger charge is 2.23. The van der Waals surface area contributed by atoms with E-state index in [1.165, 1.54) is 6.42 Å². The molecule has 2 aromatic heterocycles. The van der Waals surface area contributed by atoms with Crippen LogP contribution >= 0.6 is 0 Å². The van der Waals surface area contributed by atoms with Gasteiger partial charge in [0.15, 0.2) is 0 Å². The van der Waals surface area contributed by atoms with Gasteiger partial charge in [0.2, 0.25) is 5.88 Å². The third kappa shape index (κ3) is 3.80. The van der Waals surface area contributed by atoms with Crippen LogP contribution in [0.2, 0.25) is 0 Å². The van der Waals surface area contributed by atoms with Crippen LogP contribution in [0.25, 0.3) is 22.0 Å². The van der Waals surface area contributed by atoms with E-state index < -0.39 is 0 Å². The quantitative estimate of drug-likeness (QED) is 0.634. The zero-order valence-corrected chi connectivity index (χ0v) is 16.8. The average molecular weight is 377 g/mol. The van der Waals surface area contributed by atoms with Crippen molar-refractivity contribution in [3.05, 3.63) is 48.3 Å². The smallest absolute Gasteiger partial charge is 0.215 e. The molecule has 146 valence electrons. The molecular weight excluding hydrogens is 350 g/mol. The Labute approximate surface area is 166 Å². The van der Waals surface area contributed by atoms with Gasteiger partial charge >= 0.3 is 0 Å². The maximum absolute atomic E-state index is 6.31. The summed E-state index contributed by atoms with van der Waals surface area (Å²) < 4.78 is 11.6. The van der Waals surface area contributed by atoms with Gasteiger partial charge in [0.25, 0.3) is 0 Å². The summed E-state index contributed by atoms with van der Waals surface area (Å²) in [6.45, 7) is 7.51. The first-order valence-corrected chi connectivity index (χ1v) is 9.96. The second-order valence-electron chi connectivity index (χ2n) is 7.42. The van der Waals surface area contributed by atoms with E-state index in [1.807, 2.05) is 37.5 Å². The minimum absolute atomic E-state index is 0.258. The molecule has 0 spiro atoms. The number of hydrogen-bond acceptors (Lipinski definition) is 5. The van der Waals surface area contributed by atoms with Crippen molar-refractivity contribution in [1.29, 1.82) is 0 Å². The molecule has 5 nitrogen and oxygen atoms in total. The molecule has 0 amide bonds. The molecule has 1 saturated heterocycles. The van der Waals surface area contributed by atoms with Gasteiger partial charge in [0.05, 0.1) is 12.6 Å². The summed E-state index contributed by atoms with van der Waals surface area (Å²) in [4.78, 5) is 11.4. The van der Waals surface area contributed by atoms with Crippen LogP contribution in [0.4, 0.5) is 0 Å². The number of ether oxygens (including phenoxy) is 2. The van der Waals surface area contributed by atoms with Gasteiger partial charge in [-0.25, -0.2) is 4.98 Å². The van der Waals surface area contributed by atoms with Gasteiger partial charge in [0, 0.05) is 42.0 Å². The summed E-state index contributed by atoms with van der Waals surface area (Å²) in [5, 5.41) is 1.08. The first-order valence-electron chi connectivity index (χ1n) is 9.96. The van der Waals surface area contributed by atoms with Crippen molar-refractivity contribution in [1.82, 2.24) is 14.9 Å². The van der Waals surface area contributed by atoms with E-state index in [2.05, 4.69) is 33.9 Å². The van der Waals surface area contributed by atoms with Gasteiger partial charge in [0.1, 0.15) is 11.9 Å². The third-order valence-corrected chi connectivity index (χ3v) is 5.32. The number of methoxy groups -OCH3 is 1. The number of aryl methyl sites for hydroxylation is 1. The van der Waals surface area contributed by atoms with E-state index in [0.29, 0.717) is 5.88 Å². The summed E-state index contributed by atoms with van der Waals surface area (Å²) in [7, 11) is 1.64. The minimum Gasteiger partial charge on any atom is -0.489 e. The Morgan fingerprint density at radius 3 is 2.86 bits per heavy atom. The highest BCUT2D eigenvalue weighted by molar-refractivity contribution is 5.95. The highest BCUT2D eigenvalue weighted by atomic mass is 16.5. The second kappa shape index (κ2) is 8.15. The zero-order valence-electron chi connectivity index (χ0n) is 16.8. The Hall–Kier alpha value is -2.66. The molecule has 1 aliphatic heterocycles. The molecule has 0 radical (unpaired) electrons. The Kier molecular flexibility index (Phi) is 5.44. The Balaban J connectivity index is 1.64. The van der Waals surface area contributed by atoms with Crippen LogP contribution in [0.15, 0.2) is 42.7 Å². The molecule has 1 fully saturated rings. The van der Waals surface area contributed by atoms with Gasteiger partial charge in [-0.1, -0.05) is 6.92 Å². The molecule has 0 N–H and O–H groups in total. The summed E-state index contributed by atoms with van der Waals surface area (Å²) in [6.07, 6.45) is 6.23. The van der Waals surface area contributed by atoms with Crippen LogP contribution in [0, 0.1) is 6.92 Å². The Morgan fingerprint density at radius 2 is 2.07 bits per heavy atom. The van der Waals surface area contributed by atoms with Crippen molar-refractivity contribution < 1.29 is 9.47 Å². The maximum Gasteiger partial charge on any atom is 0.215 e. The predicted octanol–water partition coefficient (Wildman–Crippen LogP) is 4.48. The van der Waals surface area contributed by atoms with Crippen LogP contribution in [0.1, 0.15) is 25.3 Å². The van der Waals surface area contributed by atoms with Crippen LogP contribution < -0.4 is 9.47 Å². The maximum atomic E-state index is 6.31. The Bertz CT molecular complexity index is 973. The second-order valence-corrected chi connectivity index (χ2v) is 7.42. The lowest BCUT2D eigenvalue weighted by atomic mass is 10.0. The number of likely N-dealkylation sites (tertiary alicyclic amines) is 1. The number of benzene rings is 1.